The Labute approximate surface area is 165 Å². The van der Waals surface area contributed by atoms with Crippen molar-refractivity contribution in [3.8, 4) is 17.2 Å². The molecule has 5 nitrogen and oxygen atoms in total. The lowest BCUT2D eigenvalue weighted by Crippen LogP contribution is -2.32. The van der Waals surface area contributed by atoms with Crippen LogP contribution in [0.15, 0.2) is 36.4 Å². The van der Waals surface area contributed by atoms with E-state index < -0.39 is 0 Å². The van der Waals surface area contributed by atoms with Crippen LogP contribution in [0.4, 0.5) is 4.39 Å². The SMILES string of the molecule is COc1ccc(CCC(=O)N(Cc2cccc(F)c2)C2CC2)c(OC)c1OC. The van der Waals surface area contributed by atoms with E-state index >= 15 is 0 Å². The molecule has 0 heterocycles. The van der Waals surface area contributed by atoms with Gasteiger partial charge in [-0.25, -0.2) is 4.39 Å². The average Bonchev–Trinajstić information content (AvgIpc) is 3.54. The maximum atomic E-state index is 13.5. The van der Waals surface area contributed by atoms with Crippen LogP contribution in [0.2, 0.25) is 0 Å². The highest BCUT2D eigenvalue weighted by molar-refractivity contribution is 5.77. The van der Waals surface area contributed by atoms with Gasteiger partial charge in [-0.1, -0.05) is 18.2 Å². The molecule has 0 spiro atoms. The van der Waals surface area contributed by atoms with Crippen LogP contribution < -0.4 is 14.2 Å². The van der Waals surface area contributed by atoms with Crippen LogP contribution >= 0.6 is 0 Å². The molecule has 0 aromatic heterocycles. The van der Waals surface area contributed by atoms with E-state index in [2.05, 4.69) is 0 Å². The Morgan fingerprint density at radius 2 is 1.82 bits per heavy atom. The second kappa shape index (κ2) is 8.95. The molecule has 0 N–H and O–H groups in total. The molecule has 1 aliphatic carbocycles. The first-order chi connectivity index (χ1) is 13.6. The minimum atomic E-state index is -0.282. The third-order valence-electron chi connectivity index (χ3n) is 4.94. The van der Waals surface area contributed by atoms with Gasteiger partial charge in [0.1, 0.15) is 5.82 Å². The Hall–Kier alpha value is -2.76. The van der Waals surface area contributed by atoms with Crippen LogP contribution in [0, 0.1) is 5.82 Å². The maximum absolute atomic E-state index is 13.5. The van der Waals surface area contributed by atoms with E-state index in [1.807, 2.05) is 23.1 Å². The largest absolute Gasteiger partial charge is 0.493 e. The molecule has 3 rings (SSSR count). The molecule has 1 amide bonds. The zero-order chi connectivity index (χ0) is 20.1. The van der Waals surface area contributed by atoms with Gasteiger partial charge in [0, 0.05) is 19.0 Å². The molecule has 1 saturated carbocycles. The van der Waals surface area contributed by atoms with Crippen LogP contribution in [-0.4, -0.2) is 38.2 Å². The molecule has 0 saturated heterocycles. The number of halogens is 1. The summed E-state index contributed by atoms with van der Waals surface area (Å²) in [4.78, 5) is 14.8. The fourth-order valence-corrected chi connectivity index (χ4v) is 3.38. The van der Waals surface area contributed by atoms with Crippen molar-refractivity contribution in [1.29, 1.82) is 0 Å². The molecule has 2 aromatic rings. The number of ether oxygens (including phenoxy) is 3. The van der Waals surface area contributed by atoms with Crippen LogP contribution in [0.25, 0.3) is 0 Å². The Balaban J connectivity index is 1.71. The summed E-state index contributed by atoms with van der Waals surface area (Å²) in [7, 11) is 4.70. The number of carbonyl (C=O) groups is 1. The number of carbonyl (C=O) groups excluding carboxylic acids is 1. The zero-order valence-electron chi connectivity index (χ0n) is 16.5. The van der Waals surface area contributed by atoms with Crippen LogP contribution in [0.3, 0.4) is 0 Å². The Morgan fingerprint density at radius 1 is 1.07 bits per heavy atom. The third-order valence-corrected chi connectivity index (χ3v) is 4.94. The summed E-state index contributed by atoms with van der Waals surface area (Å²) in [6, 6.07) is 10.4. The van der Waals surface area contributed by atoms with E-state index in [9.17, 15) is 9.18 Å². The van der Waals surface area contributed by atoms with E-state index in [4.69, 9.17) is 14.2 Å². The first kappa shape index (κ1) is 20.0. The topological polar surface area (TPSA) is 48.0 Å². The highest BCUT2D eigenvalue weighted by Crippen LogP contribution is 2.40. The molecule has 6 heteroatoms. The normalized spacial score (nSPS) is 13.1. The highest BCUT2D eigenvalue weighted by Gasteiger charge is 2.32. The summed E-state index contributed by atoms with van der Waals surface area (Å²) in [6.45, 7) is 0.435. The van der Waals surface area contributed by atoms with Crippen molar-refractivity contribution in [3.63, 3.8) is 0 Å². The number of hydrogen-bond acceptors (Lipinski definition) is 4. The molecule has 28 heavy (non-hydrogen) atoms. The van der Waals surface area contributed by atoms with E-state index in [0.29, 0.717) is 36.6 Å². The number of amides is 1. The van der Waals surface area contributed by atoms with Gasteiger partial charge in [-0.15, -0.1) is 0 Å². The number of hydrogen-bond donors (Lipinski definition) is 0. The summed E-state index contributed by atoms with van der Waals surface area (Å²) in [6.07, 6.45) is 2.87. The van der Waals surface area contributed by atoms with E-state index in [1.165, 1.54) is 12.1 Å². The lowest BCUT2D eigenvalue weighted by molar-refractivity contribution is -0.132. The number of rotatable bonds is 9. The maximum Gasteiger partial charge on any atom is 0.223 e. The van der Waals surface area contributed by atoms with Gasteiger partial charge in [-0.05, 0) is 48.6 Å². The Kier molecular flexibility index (Phi) is 6.39. The molecule has 0 radical (unpaired) electrons. The van der Waals surface area contributed by atoms with Crippen molar-refractivity contribution < 1.29 is 23.4 Å². The second-order valence-electron chi connectivity index (χ2n) is 6.88. The Morgan fingerprint density at radius 3 is 2.43 bits per heavy atom. The summed E-state index contributed by atoms with van der Waals surface area (Å²) < 4.78 is 29.7. The lowest BCUT2D eigenvalue weighted by Gasteiger charge is -2.23. The molecule has 0 bridgehead atoms. The van der Waals surface area contributed by atoms with Gasteiger partial charge in [-0.3, -0.25) is 4.79 Å². The van der Waals surface area contributed by atoms with Gasteiger partial charge in [0.25, 0.3) is 0 Å². The summed E-state index contributed by atoms with van der Waals surface area (Å²) in [5.74, 6) is 1.46. The van der Waals surface area contributed by atoms with E-state index in [1.54, 1.807) is 27.4 Å². The molecule has 1 aliphatic rings. The Bertz CT molecular complexity index is 835. The summed E-state index contributed by atoms with van der Waals surface area (Å²) >= 11 is 0. The fourth-order valence-electron chi connectivity index (χ4n) is 3.38. The first-order valence-electron chi connectivity index (χ1n) is 9.39. The van der Waals surface area contributed by atoms with Gasteiger partial charge >= 0.3 is 0 Å². The molecular weight excluding hydrogens is 361 g/mol. The molecule has 0 aliphatic heterocycles. The zero-order valence-corrected chi connectivity index (χ0v) is 16.5. The van der Waals surface area contributed by atoms with Crippen molar-refractivity contribution in [3.05, 3.63) is 53.3 Å². The predicted octanol–water partition coefficient (Wildman–Crippen LogP) is 3.98. The third kappa shape index (κ3) is 4.55. The second-order valence-corrected chi connectivity index (χ2v) is 6.88. The quantitative estimate of drug-likeness (QED) is 0.653. The number of benzene rings is 2. The van der Waals surface area contributed by atoms with Gasteiger partial charge in [0.2, 0.25) is 11.7 Å². The summed E-state index contributed by atoms with van der Waals surface area (Å²) in [5.41, 5.74) is 1.69. The predicted molar refractivity (Wildman–Crippen MR) is 104 cm³/mol. The fraction of sp³-hybridized carbons (Fsp3) is 0.409. The van der Waals surface area contributed by atoms with Crippen molar-refractivity contribution in [2.45, 2.75) is 38.3 Å². The van der Waals surface area contributed by atoms with Gasteiger partial charge in [0.15, 0.2) is 11.5 Å². The molecular formula is C22H26FNO4. The number of methoxy groups -OCH3 is 3. The molecule has 150 valence electrons. The monoisotopic (exact) mass is 387 g/mol. The standard InChI is InChI=1S/C22H26FNO4/c1-26-19-11-7-16(21(27-2)22(19)28-3)8-12-20(25)24(18-9-10-18)14-15-5-4-6-17(23)13-15/h4-7,11,13,18H,8-10,12,14H2,1-3H3. The number of aryl methyl sites for hydroxylation is 1. The van der Waals surface area contributed by atoms with Gasteiger partial charge in [0.05, 0.1) is 21.3 Å². The first-order valence-corrected chi connectivity index (χ1v) is 9.39. The van der Waals surface area contributed by atoms with Crippen LogP contribution in [-0.2, 0) is 17.8 Å². The van der Waals surface area contributed by atoms with Crippen molar-refractivity contribution in [2.24, 2.45) is 0 Å². The van der Waals surface area contributed by atoms with Gasteiger partial charge in [-0.2, -0.15) is 0 Å². The van der Waals surface area contributed by atoms with Crippen molar-refractivity contribution >= 4 is 5.91 Å². The van der Waals surface area contributed by atoms with E-state index in [0.717, 1.165) is 24.0 Å². The molecule has 0 unspecified atom stereocenters. The van der Waals surface area contributed by atoms with Gasteiger partial charge < -0.3 is 19.1 Å². The minimum absolute atomic E-state index is 0.0589. The molecule has 2 aromatic carbocycles. The minimum Gasteiger partial charge on any atom is -0.493 e. The summed E-state index contributed by atoms with van der Waals surface area (Å²) in [5, 5.41) is 0. The van der Waals surface area contributed by atoms with Crippen molar-refractivity contribution in [1.82, 2.24) is 4.90 Å². The molecule has 0 atom stereocenters. The van der Waals surface area contributed by atoms with Crippen LogP contribution in [0.5, 0.6) is 17.2 Å². The average molecular weight is 387 g/mol. The van der Waals surface area contributed by atoms with Crippen molar-refractivity contribution in [2.75, 3.05) is 21.3 Å². The smallest absolute Gasteiger partial charge is 0.223 e. The molecule has 1 fully saturated rings. The number of nitrogens with zero attached hydrogens (tertiary/aromatic N) is 1. The van der Waals surface area contributed by atoms with Crippen LogP contribution in [0.1, 0.15) is 30.4 Å². The lowest BCUT2D eigenvalue weighted by atomic mass is 10.1. The van der Waals surface area contributed by atoms with E-state index in [-0.39, 0.29) is 17.8 Å². The highest BCUT2D eigenvalue weighted by atomic mass is 19.1.